The molecule has 0 aromatic carbocycles. The Balaban J connectivity index is 3.02. The minimum Gasteiger partial charge on any atom is -0.301 e. The Hall–Kier alpha value is -2.38. The van der Waals surface area contributed by atoms with Crippen molar-refractivity contribution in [3.63, 3.8) is 0 Å². The molecule has 2 rings (SSSR count). The number of nitrogens with zero attached hydrogens (tertiary/aromatic N) is 3. The molecule has 1 N–H and O–H groups in total. The number of aryl methyl sites for hydroxylation is 2. The van der Waals surface area contributed by atoms with E-state index in [-0.39, 0.29) is 11.3 Å². The van der Waals surface area contributed by atoms with Crippen LogP contribution in [0.2, 0.25) is 0 Å². The predicted molar refractivity (Wildman–Crippen MR) is 55.4 cm³/mol. The summed E-state index contributed by atoms with van der Waals surface area (Å²) in [6.45, 7) is 0. The molecule has 0 aliphatic rings. The fourth-order valence-electron chi connectivity index (χ4n) is 1.57. The fourth-order valence-corrected chi connectivity index (χ4v) is 1.57. The first-order valence-electron chi connectivity index (χ1n) is 4.36. The van der Waals surface area contributed by atoms with E-state index < -0.39 is 16.2 Å². The zero-order valence-electron chi connectivity index (χ0n) is 8.55. The van der Waals surface area contributed by atoms with Crippen molar-refractivity contribution >= 4 is 16.9 Å². The van der Waals surface area contributed by atoms with E-state index in [1.807, 2.05) is 0 Å². The molecule has 2 heterocycles. The minimum atomic E-state index is -0.821. The first-order valence-corrected chi connectivity index (χ1v) is 4.36. The Morgan fingerprint density at radius 1 is 1.31 bits per heavy atom. The van der Waals surface area contributed by atoms with Crippen molar-refractivity contribution in [2.75, 3.05) is 0 Å². The molecule has 0 aliphatic carbocycles. The lowest BCUT2D eigenvalue weighted by Gasteiger charge is -1.94. The monoisotopic (exact) mass is 224 g/mol. The van der Waals surface area contributed by atoms with Crippen molar-refractivity contribution in [1.82, 2.24) is 14.1 Å². The number of hydrogen-bond donors (Lipinski definition) is 1. The number of aromatic amines is 1. The van der Waals surface area contributed by atoms with Gasteiger partial charge in [0.2, 0.25) is 0 Å². The highest BCUT2D eigenvalue weighted by molar-refractivity contribution is 5.73. The number of H-pyrrole nitrogens is 1. The van der Waals surface area contributed by atoms with Crippen LogP contribution in [0.3, 0.4) is 0 Å². The maximum Gasteiger partial charge on any atom is 0.336 e. The van der Waals surface area contributed by atoms with Crippen LogP contribution in [0.4, 0.5) is 5.69 Å². The van der Waals surface area contributed by atoms with Gasteiger partial charge < -0.3 is 4.98 Å². The summed E-state index contributed by atoms with van der Waals surface area (Å²) in [6, 6.07) is 1.09. The lowest BCUT2D eigenvalue weighted by Crippen LogP contribution is -2.19. The third kappa shape index (κ3) is 1.16. The van der Waals surface area contributed by atoms with Gasteiger partial charge in [-0.05, 0) is 0 Å². The van der Waals surface area contributed by atoms with Crippen molar-refractivity contribution < 1.29 is 4.92 Å². The third-order valence-electron chi connectivity index (χ3n) is 2.45. The molecule has 8 nitrogen and oxygen atoms in total. The van der Waals surface area contributed by atoms with Crippen LogP contribution in [-0.4, -0.2) is 19.0 Å². The first kappa shape index (κ1) is 10.1. The smallest absolute Gasteiger partial charge is 0.301 e. The van der Waals surface area contributed by atoms with Gasteiger partial charge in [0.25, 0.3) is 0 Å². The Morgan fingerprint density at radius 3 is 2.50 bits per heavy atom. The highest BCUT2D eigenvalue weighted by atomic mass is 16.6. The van der Waals surface area contributed by atoms with E-state index in [9.17, 15) is 19.7 Å². The Bertz CT molecular complexity index is 705. The van der Waals surface area contributed by atoms with E-state index in [2.05, 4.69) is 4.98 Å². The van der Waals surface area contributed by atoms with Gasteiger partial charge in [-0.25, -0.2) is 4.79 Å². The number of aromatic nitrogens is 3. The van der Waals surface area contributed by atoms with Crippen LogP contribution in [-0.2, 0) is 14.1 Å². The Labute approximate surface area is 87.9 Å². The largest absolute Gasteiger partial charge is 0.336 e. The zero-order chi connectivity index (χ0) is 12.0. The molecule has 2 aromatic rings. The van der Waals surface area contributed by atoms with Crippen LogP contribution in [0.5, 0.6) is 0 Å². The van der Waals surface area contributed by atoms with Gasteiger partial charge in [0.05, 0.1) is 10.4 Å². The van der Waals surface area contributed by atoms with Gasteiger partial charge in [-0.15, -0.1) is 0 Å². The standard InChI is InChI=1S/C8H8N4O4/c1-10-4-3-5(12(15)16)7(13)9-6(4)11(2)8(10)14/h3H,1-2H3,(H,9,13). The summed E-state index contributed by atoms with van der Waals surface area (Å²) in [4.78, 5) is 34.9. The van der Waals surface area contributed by atoms with Gasteiger partial charge in [-0.1, -0.05) is 0 Å². The third-order valence-corrected chi connectivity index (χ3v) is 2.45. The molecule has 0 aliphatic heterocycles. The molecule has 0 saturated heterocycles. The number of imidazole rings is 1. The average Bonchev–Trinajstić information content (AvgIpc) is 2.43. The van der Waals surface area contributed by atoms with E-state index in [1.54, 1.807) is 0 Å². The second-order valence-corrected chi connectivity index (χ2v) is 3.38. The molecular weight excluding hydrogens is 216 g/mol. The molecule has 0 atom stereocenters. The second-order valence-electron chi connectivity index (χ2n) is 3.38. The molecule has 2 aromatic heterocycles. The maximum atomic E-state index is 11.5. The van der Waals surface area contributed by atoms with E-state index in [0.717, 1.165) is 6.07 Å². The summed E-state index contributed by atoms with van der Waals surface area (Å²) in [7, 11) is 2.96. The van der Waals surface area contributed by atoms with E-state index >= 15 is 0 Å². The second kappa shape index (κ2) is 3.05. The highest BCUT2D eigenvalue weighted by Gasteiger charge is 2.17. The number of rotatable bonds is 1. The van der Waals surface area contributed by atoms with Gasteiger partial charge in [0.15, 0.2) is 0 Å². The highest BCUT2D eigenvalue weighted by Crippen LogP contribution is 2.12. The number of nitro groups is 1. The quantitative estimate of drug-likeness (QED) is 0.519. The molecule has 0 bridgehead atoms. The molecule has 0 fully saturated rings. The van der Waals surface area contributed by atoms with Crippen LogP contribution in [0.25, 0.3) is 11.2 Å². The lowest BCUT2D eigenvalue weighted by atomic mass is 10.4. The lowest BCUT2D eigenvalue weighted by molar-refractivity contribution is -0.386. The fraction of sp³-hybridized carbons (Fsp3) is 0.250. The predicted octanol–water partition coefficient (Wildman–Crippen LogP) is -0.527. The summed E-state index contributed by atoms with van der Waals surface area (Å²) in [6.07, 6.45) is 0. The first-order chi connectivity index (χ1) is 7.43. The summed E-state index contributed by atoms with van der Waals surface area (Å²) in [5, 5.41) is 10.6. The molecule has 0 spiro atoms. The Kier molecular flexibility index (Phi) is 1.94. The summed E-state index contributed by atoms with van der Waals surface area (Å²) < 4.78 is 2.46. The summed E-state index contributed by atoms with van der Waals surface area (Å²) in [5.74, 6) is 0. The molecule has 8 heteroatoms. The van der Waals surface area contributed by atoms with Gasteiger partial charge >= 0.3 is 16.9 Å². The topological polar surface area (TPSA) is 103 Å². The van der Waals surface area contributed by atoms with Crippen molar-refractivity contribution in [2.24, 2.45) is 14.1 Å². The molecule has 0 radical (unpaired) electrons. The average molecular weight is 224 g/mol. The van der Waals surface area contributed by atoms with Crippen molar-refractivity contribution in [2.45, 2.75) is 0 Å². The normalized spacial score (nSPS) is 10.9. The van der Waals surface area contributed by atoms with Crippen LogP contribution >= 0.6 is 0 Å². The number of pyridine rings is 1. The van der Waals surface area contributed by atoms with Gasteiger partial charge in [-0.3, -0.25) is 24.0 Å². The van der Waals surface area contributed by atoms with Crippen LogP contribution in [0.1, 0.15) is 0 Å². The molecule has 0 amide bonds. The van der Waals surface area contributed by atoms with E-state index in [1.165, 1.54) is 23.2 Å². The molecule has 84 valence electrons. The van der Waals surface area contributed by atoms with Crippen LogP contribution in [0, 0.1) is 10.1 Å². The maximum absolute atomic E-state index is 11.5. The van der Waals surface area contributed by atoms with Gasteiger partial charge in [0.1, 0.15) is 5.65 Å². The van der Waals surface area contributed by atoms with E-state index in [0.29, 0.717) is 5.52 Å². The minimum absolute atomic E-state index is 0.267. The van der Waals surface area contributed by atoms with Gasteiger partial charge in [0, 0.05) is 20.2 Å². The number of hydrogen-bond acceptors (Lipinski definition) is 4. The number of nitrogens with one attached hydrogen (secondary N) is 1. The molecule has 0 unspecified atom stereocenters. The Morgan fingerprint density at radius 2 is 1.94 bits per heavy atom. The zero-order valence-corrected chi connectivity index (χ0v) is 8.55. The molecular formula is C8H8N4O4. The van der Waals surface area contributed by atoms with Crippen molar-refractivity contribution in [1.29, 1.82) is 0 Å². The summed E-state index contributed by atoms with van der Waals surface area (Å²) >= 11 is 0. The SMILES string of the molecule is Cn1c(=O)n(C)c2[nH]c(=O)c([N+](=O)[O-])cc21. The number of fused-ring (bicyclic) bond motifs is 1. The van der Waals surface area contributed by atoms with Gasteiger partial charge in [-0.2, -0.15) is 0 Å². The van der Waals surface area contributed by atoms with E-state index in [4.69, 9.17) is 0 Å². The van der Waals surface area contributed by atoms with Crippen LogP contribution in [0.15, 0.2) is 15.7 Å². The molecule has 0 saturated carbocycles. The van der Waals surface area contributed by atoms with Crippen molar-refractivity contribution in [3.8, 4) is 0 Å². The summed E-state index contributed by atoms with van der Waals surface area (Å²) in [5.41, 5.74) is -1.17. The van der Waals surface area contributed by atoms with Crippen LogP contribution < -0.4 is 11.2 Å². The van der Waals surface area contributed by atoms with Crippen molar-refractivity contribution in [3.05, 3.63) is 37.0 Å². The molecule has 16 heavy (non-hydrogen) atoms.